The van der Waals surface area contributed by atoms with Gasteiger partial charge in [0.15, 0.2) is 5.84 Å². The molecule has 1 heterocycles. The fraction of sp³-hybridized carbons (Fsp3) is 0.167. The Bertz CT molecular complexity index is 717. The van der Waals surface area contributed by atoms with Crippen LogP contribution in [-0.4, -0.2) is 21.1 Å². The lowest BCUT2D eigenvalue weighted by Crippen LogP contribution is -2.21. The number of anilines is 1. The first kappa shape index (κ1) is 12.6. The maximum absolute atomic E-state index is 8.73. The number of hydrazone groups is 1. The number of aromatic nitrogens is 2. The van der Waals surface area contributed by atoms with E-state index in [9.17, 15) is 0 Å². The number of nitriles is 1. The fourth-order valence-corrected chi connectivity index (χ4v) is 1.66. The summed E-state index contributed by atoms with van der Waals surface area (Å²) >= 11 is 0. The Hall–Kier alpha value is -2.88. The Morgan fingerprint density at radius 3 is 2.95 bits per heavy atom. The highest BCUT2D eigenvalue weighted by atomic mass is 15.3. The van der Waals surface area contributed by atoms with E-state index < -0.39 is 0 Å². The molecule has 0 aliphatic carbocycles. The van der Waals surface area contributed by atoms with E-state index in [1.54, 1.807) is 6.07 Å². The van der Waals surface area contributed by atoms with Gasteiger partial charge in [0.1, 0.15) is 11.9 Å². The van der Waals surface area contributed by atoms with E-state index in [1.807, 2.05) is 36.7 Å². The molecule has 0 bridgehead atoms. The minimum absolute atomic E-state index is 0.155. The molecule has 1 aromatic carbocycles. The molecule has 4 N–H and O–H groups in total. The number of nitrogens with two attached hydrogens (primary N) is 1. The second-order valence-electron chi connectivity index (χ2n) is 4.02. The van der Waals surface area contributed by atoms with Crippen molar-refractivity contribution in [3.05, 3.63) is 24.0 Å². The maximum atomic E-state index is 8.73. The number of amidine groups is 1. The topological polar surface area (TPSA) is 116 Å². The van der Waals surface area contributed by atoms with Gasteiger partial charge in [0, 0.05) is 7.05 Å². The number of aryl methyl sites for hydroxylation is 2. The molecule has 0 saturated heterocycles. The van der Waals surface area contributed by atoms with Crippen LogP contribution in [0.15, 0.2) is 23.3 Å². The Morgan fingerprint density at radius 1 is 1.58 bits per heavy atom. The first-order valence-electron chi connectivity index (χ1n) is 5.54. The lowest BCUT2D eigenvalue weighted by atomic mass is 10.3. The summed E-state index contributed by atoms with van der Waals surface area (Å²) in [6, 6.07) is 7.29. The fourth-order valence-electron chi connectivity index (χ4n) is 1.66. The number of hydrogen-bond donors (Lipinski definition) is 3. The van der Waals surface area contributed by atoms with Gasteiger partial charge in [-0.1, -0.05) is 0 Å². The predicted octanol–water partition coefficient (Wildman–Crippen LogP) is 1.11. The largest absolute Gasteiger partial charge is 0.382 e. The molecule has 0 radical (unpaired) electrons. The van der Waals surface area contributed by atoms with E-state index in [1.165, 1.54) is 0 Å². The smallest absolute Gasteiger partial charge is 0.201 e. The van der Waals surface area contributed by atoms with Crippen LogP contribution in [0.1, 0.15) is 5.82 Å². The van der Waals surface area contributed by atoms with Crippen LogP contribution in [0.3, 0.4) is 0 Å². The van der Waals surface area contributed by atoms with Crippen LogP contribution in [-0.2, 0) is 7.05 Å². The molecule has 0 aliphatic heterocycles. The maximum Gasteiger partial charge on any atom is 0.201 e. The van der Waals surface area contributed by atoms with Crippen LogP contribution in [0.4, 0.5) is 5.69 Å². The second-order valence-corrected chi connectivity index (χ2v) is 4.02. The number of imidazole rings is 1. The molecule has 1 aromatic heterocycles. The molecule has 19 heavy (non-hydrogen) atoms. The van der Waals surface area contributed by atoms with Crippen LogP contribution in [0, 0.1) is 23.7 Å². The van der Waals surface area contributed by atoms with E-state index in [-0.39, 0.29) is 11.5 Å². The predicted molar refractivity (Wildman–Crippen MR) is 74.0 cm³/mol. The second kappa shape index (κ2) is 4.78. The number of benzene rings is 1. The summed E-state index contributed by atoms with van der Waals surface area (Å²) in [5.41, 5.74) is 10.3. The molecule has 96 valence electrons. The van der Waals surface area contributed by atoms with E-state index in [0.29, 0.717) is 5.69 Å². The SMILES string of the molecule is Cc1nc2cc(N/N=C(\C#N)C(=N)N)ccc2n1C. The van der Waals surface area contributed by atoms with Crippen LogP contribution in [0.2, 0.25) is 0 Å². The van der Waals surface area contributed by atoms with Crippen LogP contribution >= 0.6 is 0 Å². The van der Waals surface area contributed by atoms with Crippen LogP contribution in [0.5, 0.6) is 0 Å². The van der Waals surface area contributed by atoms with Crippen molar-refractivity contribution in [2.24, 2.45) is 17.9 Å². The average molecular weight is 255 g/mol. The highest BCUT2D eigenvalue weighted by Gasteiger charge is 2.05. The van der Waals surface area contributed by atoms with Gasteiger partial charge in [-0.25, -0.2) is 4.98 Å². The lowest BCUT2D eigenvalue weighted by Gasteiger charge is -2.01. The number of hydrogen-bond acceptors (Lipinski definition) is 5. The molecule has 0 spiro atoms. The molecular formula is C12H13N7. The molecule has 0 unspecified atom stereocenters. The molecule has 7 nitrogen and oxygen atoms in total. The third-order valence-electron chi connectivity index (χ3n) is 2.76. The van der Waals surface area contributed by atoms with Crippen LogP contribution < -0.4 is 11.2 Å². The third kappa shape index (κ3) is 2.37. The summed E-state index contributed by atoms with van der Waals surface area (Å²) in [6.45, 7) is 1.93. The average Bonchev–Trinajstić information content (AvgIpc) is 2.65. The molecule has 0 atom stereocenters. The number of nitrogens with one attached hydrogen (secondary N) is 2. The zero-order valence-electron chi connectivity index (χ0n) is 10.6. The van der Waals surface area contributed by atoms with Crippen molar-refractivity contribution in [2.75, 3.05) is 5.43 Å². The Morgan fingerprint density at radius 2 is 2.32 bits per heavy atom. The summed E-state index contributed by atoms with van der Waals surface area (Å²) in [6.07, 6.45) is 0. The minimum Gasteiger partial charge on any atom is -0.382 e. The molecular weight excluding hydrogens is 242 g/mol. The van der Waals surface area contributed by atoms with Gasteiger partial charge in [-0.15, -0.1) is 0 Å². The normalized spacial score (nSPS) is 11.3. The van der Waals surface area contributed by atoms with Crippen molar-refractivity contribution in [2.45, 2.75) is 6.92 Å². The summed E-state index contributed by atoms with van der Waals surface area (Å²) in [4.78, 5) is 4.40. The summed E-state index contributed by atoms with van der Waals surface area (Å²) in [7, 11) is 1.94. The number of rotatable bonds is 3. The minimum atomic E-state index is -0.371. The van der Waals surface area contributed by atoms with Crippen molar-refractivity contribution in [1.29, 1.82) is 10.7 Å². The van der Waals surface area contributed by atoms with Gasteiger partial charge in [-0.2, -0.15) is 10.4 Å². The Balaban J connectivity index is 2.33. The zero-order chi connectivity index (χ0) is 14.0. The highest BCUT2D eigenvalue weighted by Crippen LogP contribution is 2.19. The monoisotopic (exact) mass is 255 g/mol. The van der Waals surface area contributed by atoms with Crippen LogP contribution in [0.25, 0.3) is 11.0 Å². The van der Waals surface area contributed by atoms with E-state index in [2.05, 4.69) is 15.5 Å². The first-order chi connectivity index (χ1) is 9.02. The van der Waals surface area contributed by atoms with E-state index in [0.717, 1.165) is 16.9 Å². The summed E-state index contributed by atoms with van der Waals surface area (Å²) in [5.74, 6) is 0.543. The zero-order valence-corrected chi connectivity index (χ0v) is 10.6. The van der Waals surface area contributed by atoms with Crippen molar-refractivity contribution in [1.82, 2.24) is 9.55 Å². The standard InChI is InChI=1S/C12H13N7/c1-7-16-9-5-8(3-4-11(9)19(7)2)17-18-10(6-13)12(14)15/h3-5,17H,1-2H3,(H3,14,15)/b18-10+. The molecule has 0 saturated carbocycles. The van der Waals surface area contributed by atoms with Gasteiger partial charge < -0.3 is 10.3 Å². The first-order valence-corrected chi connectivity index (χ1v) is 5.54. The summed E-state index contributed by atoms with van der Waals surface area (Å²) in [5, 5.41) is 19.6. The number of fused-ring (bicyclic) bond motifs is 1. The van der Waals surface area contributed by atoms with Crippen molar-refractivity contribution < 1.29 is 0 Å². The molecule has 0 aliphatic rings. The highest BCUT2D eigenvalue weighted by molar-refractivity contribution is 6.45. The molecule has 2 aromatic rings. The van der Waals surface area contributed by atoms with E-state index >= 15 is 0 Å². The van der Waals surface area contributed by atoms with Gasteiger partial charge in [0.25, 0.3) is 0 Å². The quantitative estimate of drug-likeness (QED) is 0.432. The van der Waals surface area contributed by atoms with Gasteiger partial charge in [-0.05, 0) is 25.1 Å². The molecule has 0 amide bonds. The van der Waals surface area contributed by atoms with E-state index in [4.69, 9.17) is 16.4 Å². The van der Waals surface area contributed by atoms with Gasteiger partial charge in [0.2, 0.25) is 5.71 Å². The Kier molecular flexibility index (Phi) is 3.16. The lowest BCUT2D eigenvalue weighted by molar-refractivity contribution is 0.886. The van der Waals surface area contributed by atoms with Gasteiger partial charge >= 0.3 is 0 Å². The molecule has 0 fully saturated rings. The third-order valence-corrected chi connectivity index (χ3v) is 2.76. The molecule has 2 rings (SSSR count). The summed E-state index contributed by atoms with van der Waals surface area (Å²) < 4.78 is 1.98. The van der Waals surface area contributed by atoms with Crippen molar-refractivity contribution >= 4 is 28.3 Å². The van der Waals surface area contributed by atoms with Gasteiger partial charge in [0.05, 0.1) is 16.7 Å². The molecule has 7 heteroatoms. The number of nitrogens with zero attached hydrogens (tertiary/aromatic N) is 4. The van der Waals surface area contributed by atoms with Gasteiger partial charge in [-0.3, -0.25) is 10.8 Å². The van der Waals surface area contributed by atoms with Crippen molar-refractivity contribution in [3.8, 4) is 6.07 Å². The Labute approximate surface area is 109 Å². The van der Waals surface area contributed by atoms with Crippen molar-refractivity contribution in [3.63, 3.8) is 0 Å².